The molecule has 0 amide bonds. The van der Waals surface area contributed by atoms with Gasteiger partial charge in [-0.1, -0.05) is 0 Å². The zero-order valence-electron chi connectivity index (χ0n) is 15.9. The number of aromatic hydroxyl groups is 1. The van der Waals surface area contributed by atoms with E-state index in [9.17, 15) is 5.11 Å². The van der Waals surface area contributed by atoms with Crippen LogP contribution < -0.4 is 9.54 Å². The van der Waals surface area contributed by atoms with Gasteiger partial charge in [-0.25, -0.2) is 4.68 Å². The molecule has 3 rings (SSSR count). The number of thiazole rings is 1. The minimum Gasteiger partial charge on any atom is -0.508 e. The number of hydrogen-bond acceptors (Lipinski definition) is 5. The van der Waals surface area contributed by atoms with E-state index in [0.717, 1.165) is 33.1 Å². The maximum atomic E-state index is 9.51. The highest BCUT2D eigenvalue weighted by Crippen LogP contribution is 2.23. The van der Waals surface area contributed by atoms with Gasteiger partial charge in [-0.2, -0.15) is 5.10 Å². The van der Waals surface area contributed by atoms with E-state index in [1.807, 2.05) is 61.8 Å². The molecule has 0 radical (unpaired) electrons. The lowest BCUT2D eigenvalue weighted by Crippen LogP contribution is -2.16. The van der Waals surface area contributed by atoms with Gasteiger partial charge in [-0.3, -0.25) is 4.99 Å². The van der Waals surface area contributed by atoms with E-state index >= 15 is 0 Å². The van der Waals surface area contributed by atoms with Crippen molar-refractivity contribution in [2.24, 2.45) is 10.1 Å². The minimum atomic E-state index is 0.169. The van der Waals surface area contributed by atoms with E-state index in [-0.39, 0.29) is 11.8 Å². The summed E-state index contributed by atoms with van der Waals surface area (Å²) >= 11 is 1.57. The third-order valence-corrected chi connectivity index (χ3v) is 4.81. The molecule has 0 atom stereocenters. The number of rotatable bonds is 5. The molecule has 0 aliphatic carbocycles. The molecule has 0 saturated carbocycles. The topological polar surface area (TPSA) is 59.1 Å². The Morgan fingerprint density at radius 3 is 2.33 bits per heavy atom. The van der Waals surface area contributed by atoms with Crippen LogP contribution in [0.1, 0.15) is 26.3 Å². The summed E-state index contributed by atoms with van der Waals surface area (Å²) in [5.74, 6) is 1.06. The van der Waals surface area contributed by atoms with Crippen molar-refractivity contribution >= 4 is 17.0 Å². The second-order valence-electron chi connectivity index (χ2n) is 6.40. The van der Waals surface area contributed by atoms with Gasteiger partial charge in [0.05, 0.1) is 18.5 Å². The Labute approximate surface area is 162 Å². The van der Waals surface area contributed by atoms with E-state index < -0.39 is 0 Å². The van der Waals surface area contributed by atoms with Crippen LogP contribution in [0.2, 0.25) is 0 Å². The number of phenolic OH excluding ortho intramolecular Hbond substituents is 1. The van der Waals surface area contributed by atoms with Crippen LogP contribution in [0.5, 0.6) is 11.5 Å². The first-order valence-corrected chi connectivity index (χ1v) is 9.59. The fourth-order valence-corrected chi connectivity index (χ4v) is 3.54. The molecule has 2 aromatic carbocycles. The second kappa shape index (κ2) is 8.22. The van der Waals surface area contributed by atoms with Gasteiger partial charge in [-0.05, 0) is 74.9 Å². The highest BCUT2D eigenvalue weighted by atomic mass is 32.1. The maximum absolute atomic E-state index is 9.51. The van der Waals surface area contributed by atoms with E-state index in [0.29, 0.717) is 0 Å². The molecular weight excluding hydrogens is 358 g/mol. The number of benzene rings is 2. The molecule has 140 valence electrons. The molecule has 0 aliphatic rings. The summed E-state index contributed by atoms with van der Waals surface area (Å²) in [6, 6.07) is 15.1. The Morgan fingerprint density at radius 1 is 1.07 bits per heavy atom. The van der Waals surface area contributed by atoms with Crippen LogP contribution >= 0.6 is 11.3 Å². The van der Waals surface area contributed by atoms with Crippen molar-refractivity contribution in [2.45, 2.75) is 26.8 Å². The van der Waals surface area contributed by atoms with Gasteiger partial charge in [0.25, 0.3) is 0 Å². The fraction of sp³-hybridized carbons (Fsp3) is 0.238. The number of nitrogens with zero attached hydrogens (tertiary/aromatic N) is 3. The molecule has 0 spiro atoms. The smallest absolute Gasteiger partial charge is 0.206 e. The molecule has 5 nitrogen and oxygen atoms in total. The first kappa shape index (κ1) is 18.9. The van der Waals surface area contributed by atoms with Crippen molar-refractivity contribution in [3.05, 3.63) is 64.3 Å². The Bertz CT molecular complexity index is 997. The second-order valence-corrected chi connectivity index (χ2v) is 7.24. The zero-order valence-corrected chi connectivity index (χ0v) is 16.7. The van der Waals surface area contributed by atoms with Gasteiger partial charge in [0, 0.05) is 17.0 Å². The first-order valence-electron chi connectivity index (χ1n) is 8.71. The third-order valence-electron chi connectivity index (χ3n) is 3.97. The number of phenols is 1. The average molecular weight is 382 g/mol. The Kier molecular flexibility index (Phi) is 5.76. The van der Waals surface area contributed by atoms with Gasteiger partial charge in [-0.15, -0.1) is 11.3 Å². The van der Waals surface area contributed by atoms with E-state index in [1.165, 1.54) is 0 Å². The molecule has 0 fully saturated rings. The Hall–Kier alpha value is -2.86. The summed E-state index contributed by atoms with van der Waals surface area (Å²) in [5.41, 5.74) is 3.80. The molecular formula is C21H23N3O2S. The van der Waals surface area contributed by atoms with Crippen molar-refractivity contribution in [2.75, 3.05) is 7.11 Å². The monoisotopic (exact) mass is 381 g/mol. The molecule has 1 aromatic heterocycles. The molecule has 3 aromatic rings. The molecule has 1 N–H and O–H groups in total. The fourth-order valence-electron chi connectivity index (χ4n) is 2.58. The lowest BCUT2D eigenvalue weighted by atomic mass is 10.1. The third kappa shape index (κ3) is 4.46. The van der Waals surface area contributed by atoms with E-state index in [4.69, 9.17) is 14.8 Å². The van der Waals surface area contributed by atoms with Gasteiger partial charge in [0.1, 0.15) is 11.5 Å². The molecule has 27 heavy (non-hydrogen) atoms. The van der Waals surface area contributed by atoms with Crippen molar-refractivity contribution in [3.8, 4) is 22.8 Å². The molecule has 0 saturated heterocycles. The van der Waals surface area contributed by atoms with Gasteiger partial charge >= 0.3 is 0 Å². The van der Waals surface area contributed by atoms with Gasteiger partial charge in [0.2, 0.25) is 4.80 Å². The zero-order chi connectivity index (χ0) is 19.4. The average Bonchev–Trinajstić information content (AvgIpc) is 3.04. The van der Waals surface area contributed by atoms with Crippen molar-refractivity contribution in [1.82, 2.24) is 4.68 Å². The summed E-state index contributed by atoms with van der Waals surface area (Å²) < 4.78 is 7.14. The lowest BCUT2D eigenvalue weighted by Gasteiger charge is -2.08. The molecule has 0 aliphatic heterocycles. The van der Waals surface area contributed by atoms with E-state index in [1.54, 1.807) is 30.6 Å². The molecule has 6 heteroatoms. The number of aromatic nitrogens is 1. The normalized spacial score (nSPS) is 12.6. The first-order chi connectivity index (χ1) is 13.0. The minimum absolute atomic E-state index is 0.169. The predicted octanol–water partition coefficient (Wildman–Crippen LogP) is 4.51. The van der Waals surface area contributed by atoms with Crippen LogP contribution in [0.3, 0.4) is 0 Å². The maximum Gasteiger partial charge on any atom is 0.206 e. The van der Waals surface area contributed by atoms with Crippen LogP contribution in [0.25, 0.3) is 11.3 Å². The summed E-state index contributed by atoms with van der Waals surface area (Å²) in [5, 5.41) is 16.4. The van der Waals surface area contributed by atoms with Crippen molar-refractivity contribution in [1.29, 1.82) is 0 Å². The molecule has 0 unspecified atom stereocenters. The molecule has 1 heterocycles. The Balaban J connectivity index is 2.12. The summed E-state index contributed by atoms with van der Waals surface area (Å²) in [7, 11) is 1.66. The number of ether oxygens (including phenoxy) is 1. The van der Waals surface area contributed by atoms with Crippen LogP contribution in [0.15, 0.2) is 64.0 Å². The largest absolute Gasteiger partial charge is 0.508 e. The van der Waals surface area contributed by atoms with Gasteiger partial charge in [0.15, 0.2) is 0 Å². The summed E-state index contributed by atoms with van der Waals surface area (Å²) in [6.45, 7) is 6.05. The standard InChI is InChI=1S/C21H23N3O2S/c1-14(2)22-21-24(23-15(3)16-5-9-18(25)10-6-16)20(13-27-21)17-7-11-19(26-4)12-8-17/h5-14,25H,1-4H3. The van der Waals surface area contributed by atoms with Crippen LogP contribution in [0, 0.1) is 0 Å². The van der Waals surface area contributed by atoms with Crippen LogP contribution in [0.4, 0.5) is 0 Å². The summed E-state index contributed by atoms with van der Waals surface area (Å²) in [6.07, 6.45) is 0. The SMILES string of the molecule is COc1ccc(-c2csc(=NC(C)C)n2N=C(C)c2ccc(O)cc2)cc1. The molecule has 0 bridgehead atoms. The predicted molar refractivity (Wildman–Crippen MR) is 111 cm³/mol. The van der Waals surface area contributed by atoms with Crippen molar-refractivity contribution < 1.29 is 9.84 Å². The highest BCUT2D eigenvalue weighted by Gasteiger charge is 2.10. The van der Waals surface area contributed by atoms with Crippen LogP contribution in [-0.4, -0.2) is 28.6 Å². The highest BCUT2D eigenvalue weighted by molar-refractivity contribution is 7.07. The van der Waals surface area contributed by atoms with E-state index in [2.05, 4.69) is 5.38 Å². The Morgan fingerprint density at radius 2 is 1.74 bits per heavy atom. The van der Waals surface area contributed by atoms with Crippen molar-refractivity contribution in [3.63, 3.8) is 0 Å². The van der Waals surface area contributed by atoms with Crippen LogP contribution in [-0.2, 0) is 0 Å². The van der Waals surface area contributed by atoms with Gasteiger partial charge < -0.3 is 9.84 Å². The number of hydrogen-bond donors (Lipinski definition) is 1. The summed E-state index contributed by atoms with van der Waals surface area (Å²) in [4.78, 5) is 5.55. The number of methoxy groups -OCH3 is 1. The lowest BCUT2D eigenvalue weighted by molar-refractivity contribution is 0.415. The quantitative estimate of drug-likeness (QED) is 0.661.